The van der Waals surface area contributed by atoms with Crippen molar-refractivity contribution in [1.29, 1.82) is 0 Å². The summed E-state index contributed by atoms with van der Waals surface area (Å²) < 4.78 is 9.05. The lowest BCUT2D eigenvalue weighted by atomic mass is 9.93. The van der Waals surface area contributed by atoms with Crippen molar-refractivity contribution >= 4 is 11.9 Å². The molecule has 0 rings (SSSR count). The molecule has 0 aromatic heterocycles. The van der Waals surface area contributed by atoms with E-state index < -0.39 is 0 Å². The van der Waals surface area contributed by atoms with Gasteiger partial charge in [-0.05, 0) is 5.92 Å². The summed E-state index contributed by atoms with van der Waals surface area (Å²) in [4.78, 5) is 21.9. The average molecular weight is 188 g/mol. The second kappa shape index (κ2) is 5.56. The van der Waals surface area contributed by atoms with E-state index in [0.29, 0.717) is 0 Å². The Morgan fingerprint density at radius 2 is 1.69 bits per heavy atom. The number of carbonyl (C=O) groups is 2. The van der Waals surface area contributed by atoms with Crippen molar-refractivity contribution < 1.29 is 19.1 Å². The highest BCUT2D eigenvalue weighted by Crippen LogP contribution is 2.16. The molecule has 0 fully saturated rings. The van der Waals surface area contributed by atoms with Gasteiger partial charge >= 0.3 is 11.9 Å². The summed E-state index contributed by atoms with van der Waals surface area (Å²) >= 11 is 0. The third kappa shape index (κ3) is 3.92. The van der Waals surface area contributed by atoms with Crippen LogP contribution in [0.4, 0.5) is 0 Å². The Kier molecular flexibility index (Phi) is 5.11. The first kappa shape index (κ1) is 11.9. The molecule has 4 heteroatoms. The highest BCUT2D eigenvalue weighted by molar-refractivity contribution is 5.74. The lowest BCUT2D eigenvalue weighted by Gasteiger charge is -2.15. The van der Waals surface area contributed by atoms with Gasteiger partial charge in [-0.3, -0.25) is 9.59 Å². The van der Waals surface area contributed by atoms with Gasteiger partial charge in [0.2, 0.25) is 0 Å². The van der Waals surface area contributed by atoms with Gasteiger partial charge in [0.1, 0.15) is 0 Å². The molecule has 4 nitrogen and oxygen atoms in total. The van der Waals surface area contributed by atoms with E-state index in [1.165, 1.54) is 14.2 Å². The van der Waals surface area contributed by atoms with Crippen molar-refractivity contribution in [2.45, 2.75) is 20.3 Å². The third-order valence-corrected chi connectivity index (χ3v) is 2.14. The lowest BCUT2D eigenvalue weighted by Crippen LogP contribution is -2.22. The molecule has 0 radical (unpaired) electrons. The van der Waals surface area contributed by atoms with Gasteiger partial charge in [0.15, 0.2) is 0 Å². The summed E-state index contributed by atoms with van der Waals surface area (Å²) in [6.07, 6.45) is 0.243. The Bertz CT molecular complexity index is 188. The fourth-order valence-electron chi connectivity index (χ4n) is 0.941. The molecule has 0 bridgehead atoms. The molecule has 0 aromatic carbocycles. The van der Waals surface area contributed by atoms with Crippen LogP contribution in [0.15, 0.2) is 0 Å². The largest absolute Gasteiger partial charge is 0.469 e. The van der Waals surface area contributed by atoms with Crippen molar-refractivity contribution in [2.24, 2.45) is 11.8 Å². The zero-order chi connectivity index (χ0) is 10.4. The number of methoxy groups -OCH3 is 2. The molecule has 0 aromatic rings. The summed E-state index contributed by atoms with van der Waals surface area (Å²) in [6, 6.07) is 0. The second-order valence-electron chi connectivity index (χ2n) is 3.07. The summed E-state index contributed by atoms with van der Waals surface area (Å²) in [5, 5.41) is 0. The number of esters is 2. The normalized spacial score (nSPS) is 14.5. The Morgan fingerprint density at radius 3 is 2.08 bits per heavy atom. The standard InChI is InChI=1S/C9H16O4/c1-6(5-8(10)12-3)7(2)9(11)13-4/h6-7H,5H2,1-4H3. The average Bonchev–Trinajstić information content (AvgIpc) is 2.14. The first-order valence-corrected chi connectivity index (χ1v) is 4.17. The molecule has 0 saturated heterocycles. The molecule has 0 saturated carbocycles. The Balaban J connectivity index is 4.02. The zero-order valence-corrected chi connectivity index (χ0v) is 8.49. The molecule has 0 aliphatic rings. The van der Waals surface area contributed by atoms with Crippen molar-refractivity contribution in [3.05, 3.63) is 0 Å². The van der Waals surface area contributed by atoms with Crippen LogP contribution in [-0.4, -0.2) is 26.2 Å². The maximum atomic E-state index is 11.0. The minimum Gasteiger partial charge on any atom is -0.469 e. The van der Waals surface area contributed by atoms with Gasteiger partial charge in [-0.2, -0.15) is 0 Å². The van der Waals surface area contributed by atoms with Gasteiger partial charge in [-0.25, -0.2) is 0 Å². The molecule has 2 unspecified atom stereocenters. The molecular weight excluding hydrogens is 172 g/mol. The van der Waals surface area contributed by atoms with Gasteiger partial charge < -0.3 is 9.47 Å². The van der Waals surface area contributed by atoms with Crippen LogP contribution in [0.25, 0.3) is 0 Å². The maximum absolute atomic E-state index is 11.0. The number of hydrogen-bond donors (Lipinski definition) is 0. The van der Waals surface area contributed by atoms with Crippen LogP contribution in [0, 0.1) is 11.8 Å². The molecular formula is C9H16O4. The first-order chi connectivity index (χ1) is 6.02. The van der Waals surface area contributed by atoms with Crippen LogP contribution in [0.3, 0.4) is 0 Å². The van der Waals surface area contributed by atoms with E-state index in [1.807, 2.05) is 6.92 Å². The molecule has 0 spiro atoms. The highest BCUT2D eigenvalue weighted by atomic mass is 16.5. The number of rotatable bonds is 4. The molecule has 0 amide bonds. The van der Waals surface area contributed by atoms with Crippen LogP contribution in [-0.2, 0) is 19.1 Å². The summed E-state index contributed by atoms with van der Waals surface area (Å²) in [5.74, 6) is -0.927. The van der Waals surface area contributed by atoms with Crippen molar-refractivity contribution in [1.82, 2.24) is 0 Å². The quantitative estimate of drug-likeness (QED) is 0.617. The van der Waals surface area contributed by atoms with Gasteiger partial charge in [0.05, 0.1) is 20.1 Å². The predicted molar refractivity (Wildman–Crippen MR) is 47.0 cm³/mol. The molecule has 0 aliphatic carbocycles. The fraction of sp³-hybridized carbons (Fsp3) is 0.778. The van der Waals surface area contributed by atoms with E-state index in [9.17, 15) is 9.59 Å². The highest BCUT2D eigenvalue weighted by Gasteiger charge is 2.23. The van der Waals surface area contributed by atoms with Crippen LogP contribution in [0.2, 0.25) is 0 Å². The first-order valence-electron chi connectivity index (χ1n) is 4.17. The Hall–Kier alpha value is -1.06. The number of hydrogen-bond acceptors (Lipinski definition) is 4. The lowest BCUT2D eigenvalue weighted by molar-refractivity contribution is -0.148. The molecule has 0 aliphatic heterocycles. The smallest absolute Gasteiger partial charge is 0.308 e. The van der Waals surface area contributed by atoms with Gasteiger partial charge in [-0.15, -0.1) is 0 Å². The van der Waals surface area contributed by atoms with Crippen LogP contribution in [0.5, 0.6) is 0 Å². The van der Waals surface area contributed by atoms with Gasteiger partial charge in [0.25, 0.3) is 0 Å². The maximum Gasteiger partial charge on any atom is 0.308 e. The number of ether oxygens (including phenoxy) is 2. The van der Waals surface area contributed by atoms with Crippen LogP contribution < -0.4 is 0 Å². The summed E-state index contributed by atoms with van der Waals surface area (Å²) in [5.41, 5.74) is 0. The topological polar surface area (TPSA) is 52.6 Å². The van der Waals surface area contributed by atoms with E-state index in [-0.39, 0.29) is 30.2 Å². The minimum absolute atomic E-state index is 0.0556. The van der Waals surface area contributed by atoms with Crippen molar-refractivity contribution in [3.8, 4) is 0 Å². The van der Waals surface area contributed by atoms with Gasteiger partial charge in [-0.1, -0.05) is 13.8 Å². The fourth-order valence-corrected chi connectivity index (χ4v) is 0.941. The molecule has 0 N–H and O–H groups in total. The predicted octanol–water partition coefficient (Wildman–Crippen LogP) is 0.995. The van der Waals surface area contributed by atoms with Crippen molar-refractivity contribution in [2.75, 3.05) is 14.2 Å². The molecule has 76 valence electrons. The van der Waals surface area contributed by atoms with E-state index in [4.69, 9.17) is 0 Å². The van der Waals surface area contributed by atoms with E-state index in [0.717, 1.165) is 0 Å². The van der Waals surface area contributed by atoms with Crippen molar-refractivity contribution in [3.63, 3.8) is 0 Å². The van der Waals surface area contributed by atoms with E-state index >= 15 is 0 Å². The third-order valence-electron chi connectivity index (χ3n) is 2.14. The Morgan fingerprint density at radius 1 is 1.15 bits per heavy atom. The van der Waals surface area contributed by atoms with Crippen LogP contribution >= 0.6 is 0 Å². The summed E-state index contributed by atoms with van der Waals surface area (Å²) in [6.45, 7) is 3.55. The second-order valence-corrected chi connectivity index (χ2v) is 3.07. The Labute approximate surface area is 78.2 Å². The SMILES string of the molecule is COC(=O)CC(C)C(C)C(=O)OC. The van der Waals surface area contributed by atoms with Crippen LogP contribution in [0.1, 0.15) is 20.3 Å². The summed E-state index contributed by atoms with van der Waals surface area (Å²) in [7, 11) is 2.67. The number of carbonyl (C=O) groups excluding carboxylic acids is 2. The monoisotopic (exact) mass is 188 g/mol. The minimum atomic E-state index is -0.303. The molecule has 2 atom stereocenters. The molecule has 13 heavy (non-hydrogen) atoms. The van der Waals surface area contributed by atoms with E-state index in [2.05, 4.69) is 9.47 Å². The molecule has 0 heterocycles. The van der Waals surface area contributed by atoms with Gasteiger partial charge in [0, 0.05) is 6.42 Å². The zero-order valence-electron chi connectivity index (χ0n) is 8.49. The van der Waals surface area contributed by atoms with E-state index in [1.54, 1.807) is 6.92 Å².